The highest BCUT2D eigenvalue weighted by atomic mass is 32.2. The Labute approximate surface area is 188 Å². The van der Waals surface area contributed by atoms with Crippen LogP contribution in [0.2, 0.25) is 0 Å². The summed E-state index contributed by atoms with van der Waals surface area (Å²) in [6, 6.07) is 0. The van der Waals surface area contributed by atoms with E-state index in [0.29, 0.717) is 11.3 Å². The van der Waals surface area contributed by atoms with Gasteiger partial charge in [0.25, 0.3) is 0 Å². The topological polar surface area (TPSA) is 49.5 Å². The lowest BCUT2D eigenvalue weighted by Gasteiger charge is -2.58. The predicted octanol–water partition coefficient (Wildman–Crippen LogP) is 4.84. The lowest BCUT2D eigenvalue weighted by Crippen LogP contribution is -2.60. The molecular formula is C26H44N2OS. The molecule has 4 aliphatic carbocycles. The van der Waals surface area contributed by atoms with Crippen LogP contribution in [0, 0.1) is 28.6 Å². The van der Waals surface area contributed by atoms with Crippen LogP contribution in [0.4, 0.5) is 0 Å². The van der Waals surface area contributed by atoms with Gasteiger partial charge >= 0.3 is 0 Å². The Hall–Kier alpha value is -0.0300. The highest BCUT2D eigenvalue weighted by molar-refractivity contribution is 7.99. The van der Waals surface area contributed by atoms with Gasteiger partial charge in [0.05, 0.1) is 6.10 Å². The van der Waals surface area contributed by atoms with Crippen LogP contribution in [0.1, 0.15) is 78.6 Å². The Kier molecular flexibility index (Phi) is 5.65. The van der Waals surface area contributed by atoms with Crippen LogP contribution in [0.3, 0.4) is 0 Å². The first-order valence-corrected chi connectivity index (χ1v) is 13.9. The fourth-order valence-corrected chi connectivity index (χ4v) is 9.67. The molecule has 3 nitrogen and oxygen atoms in total. The monoisotopic (exact) mass is 432 g/mol. The number of allylic oxidation sites excluding steroid dienone is 1. The average molecular weight is 433 g/mol. The Bertz CT molecular complexity index is 703. The summed E-state index contributed by atoms with van der Waals surface area (Å²) in [5.74, 6) is 4.60. The van der Waals surface area contributed by atoms with Crippen molar-refractivity contribution in [3.8, 4) is 0 Å². The summed E-state index contributed by atoms with van der Waals surface area (Å²) in [5, 5.41) is 10.3. The van der Waals surface area contributed by atoms with E-state index in [2.05, 4.69) is 37.4 Å². The maximum absolute atomic E-state index is 10.3. The van der Waals surface area contributed by atoms with Crippen molar-refractivity contribution in [1.29, 1.82) is 0 Å². The molecule has 170 valence electrons. The van der Waals surface area contributed by atoms with Crippen molar-refractivity contribution < 1.29 is 5.11 Å². The van der Waals surface area contributed by atoms with Gasteiger partial charge < -0.3 is 15.7 Å². The minimum atomic E-state index is -0.0525. The minimum Gasteiger partial charge on any atom is -0.393 e. The molecule has 30 heavy (non-hydrogen) atoms. The van der Waals surface area contributed by atoms with Crippen LogP contribution in [-0.2, 0) is 0 Å². The zero-order chi connectivity index (χ0) is 21.1. The van der Waals surface area contributed by atoms with E-state index in [-0.39, 0.29) is 17.1 Å². The van der Waals surface area contributed by atoms with E-state index in [1.165, 1.54) is 76.1 Å². The molecule has 0 spiro atoms. The average Bonchev–Trinajstić information content (AvgIpc) is 3.01. The van der Waals surface area contributed by atoms with E-state index >= 15 is 0 Å². The molecule has 7 atom stereocenters. The van der Waals surface area contributed by atoms with E-state index in [1.54, 1.807) is 5.57 Å². The van der Waals surface area contributed by atoms with Crippen LogP contribution in [0.5, 0.6) is 0 Å². The van der Waals surface area contributed by atoms with E-state index in [0.717, 1.165) is 24.7 Å². The molecule has 4 fully saturated rings. The molecule has 5 aliphatic rings. The number of rotatable bonds is 3. The third-order valence-corrected chi connectivity index (χ3v) is 11.7. The van der Waals surface area contributed by atoms with Crippen molar-refractivity contribution in [2.45, 2.75) is 90.2 Å². The third-order valence-electron chi connectivity index (χ3n) is 10.8. The highest BCUT2D eigenvalue weighted by Crippen LogP contribution is 2.66. The molecule has 1 saturated heterocycles. The van der Waals surface area contributed by atoms with Gasteiger partial charge in [0.15, 0.2) is 0 Å². The van der Waals surface area contributed by atoms with E-state index in [4.69, 9.17) is 5.73 Å². The number of hydrogen-bond acceptors (Lipinski definition) is 4. The number of nitrogens with two attached hydrogens (primary N) is 1. The summed E-state index contributed by atoms with van der Waals surface area (Å²) >= 11 is 2.10. The van der Waals surface area contributed by atoms with Gasteiger partial charge in [-0.15, -0.1) is 0 Å². The number of aliphatic hydroxyl groups is 1. The maximum atomic E-state index is 10.3. The summed E-state index contributed by atoms with van der Waals surface area (Å²) in [7, 11) is 0. The van der Waals surface area contributed by atoms with Crippen molar-refractivity contribution in [1.82, 2.24) is 4.90 Å². The van der Waals surface area contributed by atoms with Gasteiger partial charge in [-0.2, -0.15) is 11.8 Å². The normalized spacial score (nSPS) is 48.1. The lowest BCUT2D eigenvalue weighted by atomic mass is 9.48. The Morgan fingerprint density at radius 3 is 2.63 bits per heavy atom. The molecule has 3 saturated carbocycles. The second-order valence-corrected chi connectivity index (χ2v) is 13.2. The van der Waals surface area contributed by atoms with Gasteiger partial charge in [-0.05, 0) is 81.0 Å². The first-order chi connectivity index (χ1) is 14.3. The molecule has 0 aromatic heterocycles. The van der Waals surface area contributed by atoms with Crippen LogP contribution in [0.25, 0.3) is 0 Å². The number of thioether (sulfide) groups is 1. The van der Waals surface area contributed by atoms with Crippen molar-refractivity contribution in [2.24, 2.45) is 34.3 Å². The summed E-state index contributed by atoms with van der Waals surface area (Å²) < 4.78 is 0. The van der Waals surface area contributed by atoms with E-state index in [9.17, 15) is 5.11 Å². The molecule has 1 heterocycles. The molecular weight excluding hydrogens is 388 g/mol. The first kappa shape index (κ1) is 21.8. The third kappa shape index (κ3) is 3.18. The highest BCUT2D eigenvalue weighted by Gasteiger charge is 2.60. The zero-order valence-electron chi connectivity index (χ0n) is 19.6. The molecule has 0 aromatic carbocycles. The quantitative estimate of drug-likeness (QED) is 0.627. The van der Waals surface area contributed by atoms with Crippen molar-refractivity contribution >= 4 is 11.8 Å². The molecule has 0 amide bonds. The Morgan fingerprint density at radius 2 is 1.87 bits per heavy atom. The van der Waals surface area contributed by atoms with Gasteiger partial charge in [0, 0.05) is 42.1 Å². The number of hydrogen-bond donors (Lipinski definition) is 2. The fraction of sp³-hybridized carbons (Fsp3) is 0.923. The van der Waals surface area contributed by atoms with Crippen LogP contribution in [0.15, 0.2) is 11.1 Å². The van der Waals surface area contributed by atoms with E-state index in [1.807, 2.05) is 5.57 Å². The maximum Gasteiger partial charge on any atom is 0.0543 e. The molecule has 1 aliphatic heterocycles. The SMILES string of the molecule is C[C@H](CN1CCSCC1)[C@@]1(N)CCC2=C3CC[C@H]4CC(O)CCC4(C)C3CCC21C. The number of fused-ring (bicyclic) bond motifs is 4. The van der Waals surface area contributed by atoms with Gasteiger partial charge in [-0.3, -0.25) is 0 Å². The molecule has 0 bridgehead atoms. The van der Waals surface area contributed by atoms with Crippen LogP contribution >= 0.6 is 11.8 Å². The number of nitrogens with zero attached hydrogens (tertiary/aromatic N) is 1. The molecule has 0 radical (unpaired) electrons. The second kappa shape index (κ2) is 7.78. The van der Waals surface area contributed by atoms with Crippen LogP contribution in [-0.4, -0.2) is 52.8 Å². The fourth-order valence-electron chi connectivity index (χ4n) is 8.69. The summed E-state index contributed by atoms with van der Waals surface area (Å²) in [6.07, 6.45) is 10.8. The Morgan fingerprint density at radius 1 is 1.10 bits per heavy atom. The summed E-state index contributed by atoms with van der Waals surface area (Å²) in [6.45, 7) is 11.2. The lowest BCUT2D eigenvalue weighted by molar-refractivity contribution is -0.0395. The summed E-state index contributed by atoms with van der Waals surface area (Å²) in [5.41, 5.74) is 11.6. The zero-order valence-corrected chi connectivity index (χ0v) is 20.4. The molecule has 5 rings (SSSR count). The van der Waals surface area contributed by atoms with Crippen molar-refractivity contribution in [3.63, 3.8) is 0 Å². The van der Waals surface area contributed by atoms with E-state index < -0.39 is 0 Å². The van der Waals surface area contributed by atoms with Gasteiger partial charge in [0.1, 0.15) is 0 Å². The predicted molar refractivity (Wildman–Crippen MR) is 128 cm³/mol. The van der Waals surface area contributed by atoms with Gasteiger partial charge in [-0.1, -0.05) is 31.9 Å². The molecule has 3 N–H and O–H groups in total. The van der Waals surface area contributed by atoms with Gasteiger partial charge in [-0.25, -0.2) is 0 Å². The molecule has 4 heteroatoms. The summed E-state index contributed by atoms with van der Waals surface area (Å²) in [4.78, 5) is 2.68. The smallest absolute Gasteiger partial charge is 0.0543 e. The van der Waals surface area contributed by atoms with Crippen molar-refractivity contribution in [2.75, 3.05) is 31.1 Å². The first-order valence-electron chi connectivity index (χ1n) is 12.8. The molecule has 0 aromatic rings. The van der Waals surface area contributed by atoms with Gasteiger partial charge in [0.2, 0.25) is 0 Å². The second-order valence-electron chi connectivity index (χ2n) is 12.0. The van der Waals surface area contributed by atoms with Crippen molar-refractivity contribution in [3.05, 3.63) is 11.1 Å². The minimum absolute atomic E-state index is 0.0502. The van der Waals surface area contributed by atoms with Crippen LogP contribution < -0.4 is 5.73 Å². The molecule has 4 unspecified atom stereocenters. The largest absolute Gasteiger partial charge is 0.393 e. The standard InChI is InChI=1S/C26H44N2OS/c1-18(17-28-12-14-30-15-13-28)26(27)11-8-23-21-5-4-19-16-20(29)6-9-24(19,2)22(21)7-10-25(23,26)3/h18-20,22,29H,4-17,27H2,1-3H3/t18-,19+,20?,22?,24?,25?,26+/m1/s1. The Balaban J connectivity index is 1.41. The number of aliphatic hydroxyl groups excluding tert-OH is 1.